The van der Waals surface area contributed by atoms with Gasteiger partial charge in [-0.25, -0.2) is 13.8 Å². The zero-order chi connectivity index (χ0) is 14.3. The molecule has 0 fully saturated rings. The average Bonchev–Trinajstić information content (AvgIpc) is 2.83. The molecule has 5 nitrogen and oxygen atoms in total. The fourth-order valence-electron chi connectivity index (χ4n) is 2.14. The number of H-pyrrole nitrogens is 2. The van der Waals surface area contributed by atoms with Crippen molar-refractivity contribution in [2.45, 2.75) is 6.10 Å². The fraction of sp³-hybridized carbons (Fsp3) is 0.0769. The number of aliphatic hydroxyl groups excluding tert-OH is 1. The van der Waals surface area contributed by atoms with Crippen LogP contribution in [0.5, 0.6) is 0 Å². The third-order valence-corrected chi connectivity index (χ3v) is 3.07. The predicted octanol–water partition coefficient (Wildman–Crippen LogP) is 1.61. The van der Waals surface area contributed by atoms with Crippen molar-refractivity contribution in [3.63, 3.8) is 0 Å². The number of aromatic nitrogens is 3. The molecule has 0 aliphatic heterocycles. The van der Waals surface area contributed by atoms with Crippen molar-refractivity contribution in [3.05, 3.63) is 63.8 Å². The molecule has 1 unspecified atom stereocenters. The Bertz CT molecular complexity index is 821. The standard InChI is InChI=1S/C13H9F2N3O2/c14-7-2-1-3-8(15)10(7)11(19)6-4-16-12-9(6)13(20)18-5-17-12/h1-5,11,19H,(H2,16,17,18,20). The van der Waals surface area contributed by atoms with Crippen LogP contribution < -0.4 is 5.56 Å². The van der Waals surface area contributed by atoms with Gasteiger partial charge in [-0.2, -0.15) is 0 Å². The first-order chi connectivity index (χ1) is 9.59. The molecule has 102 valence electrons. The van der Waals surface area contributed by atoms with Crippen LogP contribution in [0.1, 0.15) is 17.2 Å². The Morgan fingerprint density at radius 3 is 2.60 bits per heavy atom. The summed E-state index contributed by atoms with van der Waals surface area (Å²) in [7, 11) is 0. The minimum Gasteiger partial charge on any atom is -0.383 e. The minimum absolute atomic E-state index is 0.0679. The van der Waals surface area contributed by atoms with E-state index in [2.05, 4.69) is 15.0 Å². The molecule has 1 aromatic carbocycles. The highest BCUT2D eigenvalue weighted by Gasteiger charge is 2.23. The van der Waals surface area contributed by atoms with Crippen LogP contribution in [0.4, 0.5) is 8.78 Å². The largest absolute Gasteiger partial charge is 0.383 e. The van der Waals surface area contributed by atoms with Gasteiger partial charge in [0.1, 0.15) is 23.4 Å². The number of rotatable bonds is 2. The van der Waals surface area contributed by atoms with Gasteiger partial charge in [-0.05, 0) is 12.1 Å². The lowest BCUT2D eigenvalue weighted by Gasteiger charge is -2.11. The lowest BCUT2D eigenvalue weighted by Crippen LogP contribution is -2.11. The van der Waals surface area contributed by atoms with Gasteiger partial charge in [0.25, 0.3) is 5.56 Å². The Balaban J connectivity index is 2.23. The molecule has 0 aliphatic carbocycles. The average molecular weight is 277 g/mol. The summed E-state index contributed by atoms with van der Waals surface area (Å²) < 4.78 is 27.4. The van der Waals surface area contributed by atoms with E-state index in [0.717, 1.165) is 12.1 Å². The quantitative estimate of drug-likeness (QED) is 0.665. The summed E-state index contributed by atoms with van der Waals surface area (Å²) >= 11 is 0. The number of hydrogen-bond acceptors (Lipinski definition) is 3. The molecule has 0 amide bonds. The first-order valence-corrected chi connectivity index (χ1v) is 5.76. The first kappa shape index (κ1) is 12.5. The topological polar surface area (TPSA) is 81.8 Å². The van der Waals surface area contributed by atoms with E-state index in [0.29, 0.717) is 0 Å². The maximum Gasteiger partial charge on any atom is 0.260 e. The van der Waals surface area contributed by atoms with E-state index in [1.807, 2.05) is 0 Å². The van der Waals surface area contributed by atoms with Crippen molar-refractivity contribution in [2.75, 3.05) is 0 Å². The molecular weight excluding hydrogens is 268 g/mol. The van der Waals surface area contributed by atoms with Crippen molar-refractivity contribution in [1.82, 2.24) is 15.0 Å². The molecule has 2 heterocycles. The maximum absolute atomic E-state index is 13.7. The molecule has 0 radical (unpaired) electrons. The number of nitrogens with one attached hydrogen (secondary N) is 2. The Labute approximate surface area is 110 Å². The van der Waals surface area contributed by atoms with Crippen LogP contribution in [-0.2, 0) is 0 Å². The van der Waals surface area contributed by atoms with Crippen molar-refractivity contribution in [1.29, 1.82) is 0 Å². The molecule has 0 bridgehead atoms. The summed E-state index contributed by atoms with van der Waals surface area (Å²) in [4.78, 5) is 20.7. The molecule has 0 saturated heterocycles. The van der Waals surface area contributed by atoms with Crippen molar-refractivity contribution >= 4 is 11.0 Å². The molecule has 1 atom stereocenters. The lowest BCUT2D eigenvalue weighted by atomic mass is 10.0. The van der Waals surface area contributed by atoms with Crippen molar-refractivity contribution in [3.8, 4) is 0 Å². The second-order valence-electron chi connectivity index (χ2n) is 4.24. The molecule has 0 saturated carbocycles. The zero-order valence-corrected chi connectivity index (χ0v) is 10.0. The lowest BCUT2D eigenvalue weighted by molar-refractivity contribution is 0.210. The molecular formula is C13H9F2N3O2. The van der Waals surface area contributed by atoms with Crippen LogP contribution in [-0.4, -0.2) is 20.1 Å². The maximum atomic E-state index is 13.7. The van der Waals surface area contributed by atoms with Gasteiger partial charge in [-0.15, -0.1) is 0 Å². The van der Waals surface area contributed by atoms with Crippen molar-refractivity contribution in [2.24, 2.45) is 0 Å². The van der Waals surface area contributed by atoms with E-state index >= 15 is 0 Å². The molecule has 7 heteroatoms. The Hall–Kier alpha value is -2.54. The SMILES string of the molecule is O=c1[nH]cnc2[nH]cc(C(O)c3c(F)cccc3F)c12. The van der Waals surface area contributed by atoms with Gasteiger partial charge in [0, 0.05) is 11.8 Å². The monoisotopic (exact) mass is 277 g/mol. The Morgan fingerprint density at radius 2 is 1.90 bits per heavy atom. The summed E-state index contributed by atoms with van der Waals surface area (Å²) in [6, 6.07) is 3.28. The Morgan fingerprint density at radius 1 is 1.20 bits per heavy atom. The second-order valence-corrected chi connectivity index (χ2v) is 4.24. The number of halogens is 2. The number of nitrogens with zero attached hydrogens (tertiary/aromatic N) is 1. The fourth-order valence-corrected chi connectivity index (χ4v) is 2.14. The van der Waals surface area contributed by atoms with Gasteiger partial charge < -0.3 is 15.1 Å². The van der Waals surface area contributed by atoms with Crippen LogP contribution >= 0.6 is 0 Å². The zero-order valence-electron chi connectivity index (χ0n) is 10.0. The number of fused-ring (bicyclic) bond motifs is 1. The highest BCUT2D eigenvalue weighted by Crippen LogP contribution is 2.29. The first-order valence-electron chi connectivity index (χ1n) is 5.76. The molecule has 0 aliphatic rings. The summed E-state index contributed by atoms with van der Waals surface area (Å²) in [6.45, 7) is 0. The van der Waals surface area contributed by atoms with E-state index in [-0.39, 0.29) is 16.6 Å². The van der Waals surface area contributed by atoms with Crippen LogP contribution in [0.25, 0.3) is 11.0 Å². The molecule has 2 aromatic heterocycles. The third kappa shape index (κ3) is 1.79. The van der Waals surface area contributed by atoms with Crippen molar-refractivity contribution < 1.29 is 13.9 Å². The van der Waals surface area contributed by atoms with Gasteiger partial charge >= 0.3 is 0 Å². The summed E-state index contributed by atoms with van der Waals surface area (Å²) in [5.74, 6) is -1.76. The molecule has 3 aromatic rings. The highest BCUT2D eigenvalue weighted by atomic mass is 19.1. The van der Waals surface area contributed by atoms with Crippen LogP contribution in [0.3, 0.4) is 0 Å². The van der Waals surface area contributed by atoms with Gasteiger partial charge in [0.2, 0.25) is 0 Å². The molecule has 20 heavy (non-hydrogen) atoms. The van der Waals surface area contributed by atoms with E-state index in [9.17, 15) is 18.7 Å². The van der Waals surface area contributed by atoms with Crippen LogP contribution in [0.15, 0.2) is 35.5 Å². The number of benzene rings is 1. The Kier molecular flexibility index (Phi) is 2.83. The molecule has 3 rings (SSSR count). The number of aromatic amines is 2. The third-order valence-electron chi connectivity index (χ3n) is 3.07. The summed E-state index contributed by atoms with van der Waals surface area (Å²) in [5.41, 5.74) is -0.698. The molecule has 3 N–H and O–H groups in total. The van der Waals surface area contributed by atoms with E-state index in [4.69, 9.17) is 0 Å². The van der Waals surface area contributed by atoms with E-state index < -0.39 is 28.9 Å². The highest BCUT2D eigenvalue weighted by molar-refractivity contribution is 5.79. The molecule has 0 spiro atoms. The summed E-state index contributed by atoms with van der Waals surface area (Å²) in [5, 5.41) is 10.3. The predicted molar refractivity (Wildman–Crippen MR) is 67.1 cm³/mol. The van der Waals surface area contributed by atoms with Crippen LogP contribution in [0.2, 0.25) is 0 Å². The number of hydrogen-bond donors (Lipinski definition) is 3. The van der Waals surface area contributed by atoms with Gasteiger partial charge in [0.05, 0.1) is 17.3 Å². The normalized spacial score (nSPS) is 12.8. The van der Waals surface area contributed by atoms with Crippen LogP contribution in [0, 0.1) is 11.6 Å². The second kappa shape index (κ2) is 4.53. The summed E-state index contributed by atoms with van der Waals surface area (Å²) in [6.07, 6.45) is 0.903. The van der Waals surface area contributed by atoms with Gasteiger partial charge in [-0.1, -0.05) is 6.07 Å². The minimum atomic E-state index is -1.60. The number of aliphatic hydroxyl groups is 1. The van der Waals surface area contributed by atoms with Gasteiger partial charge in [0.15, 0.2) is 0 Å². The van der Waals surface area contributed by atoms with E-state index in [1.165, 1.54) is 18.6 Å². The smallest absolute Gasteiger partial charge is 0.260 e. The van der Waals surface area contributed by atoms with Gasteiger partial charge in [-0.3, -0.25) is 4.79 Å². The van der Waals surface area contributed by atoms with E-state index in [1.54, 1.807) is 0 Å².